The molecule has 0 aromatic heterocycles. The molecule has 0 aliphatic carbocycles. The number of nitrogens with two attached hydrogens (primary N) is 1. The maximum atomic E-state index is 12.6. The summed E-state index contributed by atoms with van der Waals surface area (Å²) in [6, 6.07) is 7.31. The minimum Gasteiger partial charge on any atom is -0.364 e. The Hall–Kier alpha value is -2.96. The van der Waals surface area contributed by atoms with Gasteiger partial charge in [-0.05, 0) is 49.6 Å². The van der Waals surface area contributed by atoms with Crippen molar-refractivity contribution in [2.24, 2.45) is 5.73 Å². The average molecular weight is 340 g/mol. The molecule has 2 aliphatic rings. The van der Waals surface area contributed by atoms with Gasteiger partial charge < -0.3 is 15.5 Å². The molecule has 2 heterocycles. The molecule has 0 unspecified atom stereocenters. The number of anilines is 2. The van der Waals surface area contributed by atoms with Crippen LogP contribution in [0.2, 0.25) is 0 Å². The lowest BCUT2D eigenvalue weighted by Gasteiger charge is -2.29. The molecule has 1 aromatic carbocycles. The second-order valence-corrected chi connectivity index (χ2v) is 6.21. The van der Waals surface area contributed by atoms with Gasteiger partial charge in [0.25, 0.3) is 11.8 Å². The molecule has 3 rings (SSSR count). The first kappa shape index (κ1) is 16.9. The van der Waals surface area contributed by atoms with Crippen molar-refractivity contribution in [3.8, 4) is 0 Å². The fourth-order valence-corrected chi connectivity index (χ4v) is 3.29. The predicted octanol–water partition coefficient (Wildman–Crippen LogP) is 1.37. The van der Waals surface area contributed by atoms with Crippen LogP contribution in [0.15, 0.2) is 35.4 Å². The molecule has 0 atom stereocenters. The lowest BCUT2D eigenvalue weighted by Crippen LogP contribution is -2.39. The highest BCUT2D eigenvalue weighted by Crippen LogP contribution is 2.28. The van der Waals surface area contributed by atoms with Crippen LogP contribution in [0.1, 0.15) is 26.2 Å². The summed E-state index contributed by atoms with van der Waals surface area (Å²) in [7, 11) is 0. The average Bonchev–Trinajstić information content (AvgIpc) is 3.03. The van der Waals surface area contributed by atoms with Crippen LogP contribution in [0.25, 0.3) is 0 Å². The van der Waals surface area contributed by atoms with Crippen LogP contribution in [-0.4, -0.2) is 36.5 Å². The van der Waals surface area contributed by atoms with Gasteiger partial charge in [0, 0.05) is 36.5 Å². The van der Waals surface area contributed by atoms with Crippen molar-refractivity contribution in [3.63, 3.8) is 0 Å². The number of benzene rings is 1. The predicted molar refractivity (Wildman–Crippen MR) is 94.6 cm³/mol. The third-order valence-corrected chi connectivity index (χ3v) is 4.70. The van der Waals surface area contributed by atoms with Gasteiger partial charge in [-0.3, -0.25) is 19.8 Å². The fraction of sp³-hybridized carbons (Fsp3) is 0.333. The third kappa shape index (κ3) is 3.05. The number of nitrogens with zero attached hydrogens (tertiary/aromatic N) is 2. The van der Waals surface area contributed by atoms with Gasteiger partial charge in [0.1, 0.15) is 5.71 Å². The number of primary amides is 1. The van der Waals surface area contributed by atoms with E-state index in [1.165, 1.54) is 0 Å². The van der Waals surface area contributed by atoms with Gasteiger partial charge in [-0.15, -0.1) is 0 Å². The van der Waals surface area contributed by atoms with Gasteiger partial charge in [0.2, 0.25) is 5.91 Å². The van der Waals surface area contributed by atoms with Gasteiger partial charge in [-0.1, -0.05) is 0 Å². The van der Waals surface area contributed by atoms with E-state index in [1.807, 2.05) is 24.3 Å². The van der Waals surface area contributed by atoms with Crippen LogP contribution in [-0.2, 0) is 14.4 Å². The van der Waals surface area contributed by atoms with E-state index in [4.69, 9.17) is 11.1 Å². The van der Waals surface area contributed by atoms with Crippen molar-refractivity contribution in [2.75, 3.05) is 22.9 Å². The van der Waals surface area contributed by atoms with E-state index < -0.39 is 5.91 Å². The van der Waals surface area contributed by atoms with Crippen LogP contribution in [0.3, 0.4) is 0 Å². The van der Waals surface area contributed by atoms with Crippen molar-refractivity contribution in [1.29, 1.82) is 5.41 Å². The lowest BCUT2D eigenvalue weighted by atomic mass is 9.95. The Morgan fingerprint density at radius 2 is 1.64 bits per heavy atom. The summed E-state index contributed by atoms with van der Waals surface area (Å²) in [5, 5.41) is 7.73. The molecule has 25 heavy (non-hydrogen) atoms. The molecule has 7 heteroatoms. The van der Waals surface area contributed by atoms with Gasteiger partial charge in [-0.2, -0.15) is 0 Å². The van der Waals surface area contributed by atoms with Crippen LogP contribution >= 0.6 is 0 Å². The zero-order chi connectivity index (χ0) is 18.1. The maximum Gasteiger partial charge on any atom is 0.266 e. The normalized spacial score (nSPS) is 18.1. The second kappa shape index (κ2) is 6.51. The number of hydrogen-bond donors (Lipinski definition) is 2. The summed E-state index contributed by atoms with van der Waals surface area (Å²) in [6.07, 6.45) is 1.85. The van der Waals surface area contributed by atoms with Crippen LogP contribution < -0.4 is 15.5 Å². The van der Waals surface area contributed by atoms with Gasteiger partial charge in [0.05, 0.1) is 0 Å². The summed E-state index contributed by atoms with van der Waals surface area (Å²) in [5.41, 5.74) is 7.19. The molecule has 0 saturated carbocycles. The summed E-state index contributed by atoms with van der Waals surface area (Å²) < 4.78 is 0. The Morgan fingerprint density at radius 3 is 2.16 bits per heavy atom. The van der Waals surface area contributed by atoms with E-state index in [9.17, 15) is 14.4 Å². The van der Waals surface area contributed by atoms with Crippen molar-refractivity contribution in [1.82, 2.24) is 0 Å². The third-order valence-electron chi connectivity index (χ3n) is 4.70. The zero-order valence-corrected chi connectivity index (χ0v) is 14.0. The molecule has 130 valence electrons. The van der Waals surface area contributed by atoms with E-state index in [0.717, 1.165) is 24.3 Å². The first-order valence-electron chi connectivity index (χ1n) is 8.21. The van der Waals surface area contributed by atoms with Gasteiger partial charge in [0.15, 0.2) is 0 Å². The molecule has 0 radical (unpaired) electrons. The Morgan fingerprint density at radius 1 is 1.04 bits per heavy atom. The highest BCUT2D eigenvalue weighted by Gasteiger charge is 2.29. The van der Waals surface area contributed by atoms with Crippen molar-refractivity contribution in [3.05, 3.63) is 35.4 Å². The summed E-state index contributed by atoms with van der Waals surface area (Å²) in [5.74, 6) is -0.942. The number of nitrogens with one attached hydrogen (secondary N) is 1. The first-order chi connectivity index (χ1) is 11.9. The molecule has 0 spiro atoms. The molecular weight excluding hydrogens is 320 g/mol. The summed E-state index contributed by atoms with van der Waals surface area (Å²) in [6.45, 7) is 2.71. The number of carbonyl (C=O) groups is 3. The molecule has 7 nitrogen and oxygen atoms in total. The number of rotatable bonds is 4. The first-order valence-corrected chi connectivity index (χ1v) is 8.21. The highest BCUT2D eigenvalue weighted by molar-refractivity contribution is 6.44. The molecule has 2 aliphatic heterocycles. The smallest absolute Gasteiger partial charge is 0.266 e. The number of carbonyl (C=O) groups excluding carboxylic acids is 3. The van der Waals surface area contributed by atoms with Crippen LogP contribution in [0, 0.1) is 5.41 Å². The van der Waals surface area contributed by atoms with E-state index in [0.29, 0.717) is 30.5 Å². The molecule has 3 N–H and O–H groups in total. The minimum atomic E-state index is -0.824. The van der Waals surface area contributed by atoms with Crippen molar-refractivity contribution < 1.29 is 14.4 Å². The largest absolute Gasteiger partial charge is 0.364 e. The molecule has 3 amide bonds. The van der Waals surface area contributed by atoms with Crippen molar-refractivity contribution >= 4 is 34.8 Å². The quantitative estimate of drug-likeness (QED) is 0.808. The van der Waals surface area contributed by atoms with E-state index >= 15 is 0 Å². The molecular formula is C18H20N4O3. The van der Waals surface area contributed by atoms with E-state index in [2.05, 4.69) is 0 Å². The molecule has 0 bridgehead atoms. The van der Waals surface area contributed by atoms with Crippen LogP contribution in [0.4, 0.5) is 11.4 Å². The van der Waals surface area contributed by atoms with E-state index in [1.54, 1.807) is 16.7 Å². The minimum absolute atomic E-state index is 0.121. The second-order valence-electron chi connectivity index (χ2n) is 6.21. The topological polar surface area (TPSA) is 108 Å². The standard InChI is InChI=1S/C18H20N4O3/c1-11-14(16(19)17(20)24)8-10-22(18(11)25)13-6-4-12(5-7-13)21-9-2-3-15(21)23/h4-7,19H,2-3,8-10H2,1H3,(H2,20,24). The molecule has 1 aromatic rings. The highest BCUT2D eigenvalue weighted by atomic mass is 16.2. The Labute approximate surface area is 145 Å². The van der Waals surface area contributed by atoms with Gasteiger partial charge >= 0.3 is 0 Å². The fourth-order valence-electron chi connectivity index (χ4n) is 3.29. The maximum absolute atomic E-state index is 12.6. The van der Waals surface area contributed by atoms with Gasteiger partial charge in [-0.25, -0.2) is 0 Å². The SMILES string of the molecule is CC1=C(C(=N)C(N)=O)CCN(c2ccc(N3CCCC3=O)cc2)C1=O. The summed E-state index contributed by atoms with van der Waals surface area (Å²) in [4.78, 5) is 39.0. The Kier molecular flexibility index (Phi) is 4.39. The molecule has 1 fully saturated rings. The number of hydrogen-bond acceptors (Lipinski definition) is 4. The molecule has 1 saturated heterocycles. The lowest BCUT2D eigenvalue weighted by molar-refractivity contribution is -0.117. The monoisotopic (exact) mass is 340 g/mol. The Bertz CT molecular complexity index is 795. The van der Waals surface area contributed by atoms with Crippen molar-refractivity contribution in [2.45, 2.75) is 26.2 Å². The van der Waals surface area contributed by atoms with Crippen LogP contribution in [0.5, 0.6) is 0 Å². The Balaban J connectivity index is 1.81. The number of amides is 3. The van der Waals surface area contributed by atoms with E-state index in [-0.39, 0.29) is 17.5 Å². The zero-order valence-electron chi connectivity index (χ0n) is 14.0. The summed E-state index contributed by atoms with van der Waals surface area (Å²) >= 11 is 0.